The lowest BCUT2D eigenvalue weighted by Crippen LogP contribution is -2.42. The van der Waals surface area contributed by atoms with Crippen LogP contribution in [0.1, 0.15) is 23.6 Å². The molecular weight excluding hydrogens is 442 g/mol. The number of aliphatic hydroxyl groups is 2. The van der Waals surface area contributed by atoms with Gasteiger partial charge in [-0.05, 0) is 42.3 Å². The summed E-state index contributed by atoms with van der Waals surface area (Å²) >= 11 is 0. The van der Waals surface area contributed by atoms with Crippen molar-refractivity contribution in [3.05, 3.63) is 108 Å². The first-order valence-electron chi connectivity index (χ1n) is 11.3. The van der Waals surface area contributed by atoms with Crippen molar-refractivity contribution in [1.82, 2.24) is 9.97 Å². The van der Waals surface area contributed by atoms with E-state index in [0.717, 1.165) is 16.7 Å². The van der Waals surface area contributed by atoms with Gasteiger partial charge in [-0.15, -0.1) is 0 Å². The normalized spacial score (nSPS) is 12.5. The molecule has 7 heteroatoms. The van der Waals surface area contributed by atoms with Gasteiger partial charge in [0.2, 0.25) is 0 Å². The summed E-state index contributed by atoms with van der Waals surface area (Å²) in [5.41, 5.74) is 1.79. The summed E-state index contributed by atoms with van der Waals surface area (Å²) in [4.78, 5) is 21.3. The smallest absolute Gasteiger partial charge is 0.257 e. The van der Waals surface area contributed by atoms with Crippen molar-refractivity contribution < 1.29 is 19.7 Å². The lowest BCUT2D eigenvalue weighted by molar-refractivity contribution is -0.132. The van der Waals surface area contributed by atoms with Gasteiger partial charge in [0.1, 0.15) is 30.1 Å². The number of hydrogen-bond acceptors (Lipinski definition) is 6. The molecule has 0 bridgehead atoms. The SMILES string of the molecule is CC(O)(Cc1ccccc1)C(=O)Nc1ncnc(-c2ccc(OCc3ccccc3)cc2)c1CO. The highest BCUT2D eigenvalue weighted by atomic mass is 16.5. The summed E-state index contributed by atoms with van der Waals surface area (Å²) in [5, 5.41) is 23.5. The number of rotatable bonds is 9. The fourth-order valence-electron chi connectivity index (χ4n) is 3.68. The number of hydrogen-bond donors (Lipinski definition) is 3. The number of carbonyl (C=O) groups is 1. The molecule has 3 aromatic carbocycles. The van der Waals surface area contributed by atoms with E-state index in [1.165, 1.54) is 13.3 Å². The maximum absolute atomic E-state index is 12.9. The third-order valence-electron chi connectivity index (χ3n) is 5.59. The highest BCUT2D eigenvalue weighted by molar-refractivity contribution is 5.97. The maximum atomic E-state index is 12.9. The fourth-order valence-corrected chi connectivity index (χ4v) is 3.68. The third-order valence-corrected chi connectivity index (χ3v) is 5.59. The van der Waals surface area contributed by atoms with Gasteiger partial charge in [-0.2, -0.15) is 0 Å². The Bertz CT molecular complexity index is 1260. The highest BCUT2D eigenvalue weighted by Gasteiger charge is 2.31. The van der Waals surface area contributed by atoms with Crippen LogP contribution in [0.4, 0.5) is 5.82 Å². The van der Waals surface area contributed by atoms with E-state index in [2.05, 4.69) is 15.3 Å². The number of aromatic nitrogens is 2. The van der Waals surface area contributed by atoms with Crippen molar-refractivity contribution in [3.63, 3.8) is 0 Å². The molecule has 178 valence electrons. The Labute approximate surface area is 204 Å². The summed E-state index contributed by atoms with van der Waals surface area (Å²) in [6.45, 7) is 1.51. The van der Waals surface area contributed by atoms with Gasteiger partial charge in [0.15, 0.2) is 0 Å². The van der Waals surface area contributed by atoms with E-state index < -0.39 is 18.1 Å². The lowest BCUT2D eigenvalue weighted by Gasteiger charge is -2.23. The van der Waals surface area contributed by atoms with Crippen LogP contribution in [-0.4, -0.2) is 31.7 Å². The Morgan fingerprint density at radius 2 is 1.54 bits per heavy atom. The van der Waals surface area contributed by atoms with Crippen molar-refractivity contribution in [3.8, 4) is 17.0 Å². The summed E-state index contributed by atoms with van der Waals surface area (Å²) in [5.74, 6) is 0.230. The van der Waals surface area contributed by atoms with Crippen LogP contribution in [0.25, 0.3) is 11.3 Å². The molecule has 0 aliphatic rings. The molecule has 0 spiro atoms. The number of ether oxygens (including phenoxy) is 1. The van der Waals surface area contributed by atoms with E-state index in [4.69, 9.17) is 4.74 Å². The molecule has 1 unspecified atom stereocenters. The maximum Gasteiger partial charge on any atom is 0.257 e. The Morgan fingerprint density at radius 1 is 0.914 bits per heavy atom. The van der Waals surface area contributed by atoms with Crippen molar-refractivity contribution in [1.29, 1.82) is 0 Å². The van der Waals surface area contributed by atoms with Crippen LogP contribution in [-0.2, 0) is 24.4 Å². The Kier molecular flexibility index (Phi) is 7.50. The molecule has 3 N–H and O–H groups in total. The largest absolute Gasteiger partial charge is 0.489 e. The Morgan fingerprint density at radius 3 is 2.17 bits per heavy atom. The Hall–Kier alpha value is -4.07. The quantitative estimate of drug-likeness (QED) is 0.340. The molecule has 0 saturated carbocycles. The van der Waals surface area contributed by atoms with Crippen molar-refractivity contribution in [2.24, 2.45) is 0 Å². The number of benzene rings is 3. The van der Waals surface area contributed by atoms with Gasteiger partial charge in [0.25, 0.3) is 5.91 Å². The zero-order chi connectivity index (χ0) is 24.7. The van der Waals surface area contributed by atoms with Gasteiger partial charge in [-0.3, -0.25) is 4.79 Å². The predicted molar refractivity (Wildman–Crippen MR) is 134 cm³/mol. The van der Waals surface area contributed by atoms with Gasteiger partial charge in [0.05, 0.1) is 12.3 Å². The summed E-state index contributed by atoms with van der Waals surface area (Å²) < 4.78 is 5.84. The van der Waals surface area contributed by atoms with Gasteiger partial charge < -0.3 is 20.3 Å². The van der Waals surface area contributed by atoms with Crippen LogP contribution in [0.2, 0.25) is 0 Å². The topological polar surface area (TPSA) is 105 Å². The van der Waals surface area contributed by atoms with Gasteiger partial charge in [-0.25, -0.2) is 9.97 Å². The number of amides is 1. The molecule has 1 amide bonds. The van der Waals surface area contributed by atoms with E-state index in [1.807, 2.05) is 84.9 Å². The standard InChI is InChI=1S/C28H27N3O4/c1-28(34,16-20-8-4-2-5-9-20)27(33)31-26-24(17-32)25(29-19-30-26)22-12-14-23(15-13-22)35-18-21-10-6-3-7-11-21/h2-15,19,32,34H,16-18H2,1H3,(H,29,30,31,33). The average Bonchev–Trinajstić information content (AvgIpc) is 2.88. The summed E-state index contributed by atoms with van der Waals surface area (Å²) in [6.07, 6.45) is 1.45. The number of nitrogens with one attached hydrogen (secondary N) is 1. The molecule has 35 heavy (non-hydrogen) atoms. The molecule has 1 atom stereocenters. The van der Waals surface area contributed by atoms with Gasteiger partial charge >= 0.3 is 0 Å². The van der Waals surface area contributed by atoms with Crippen molar-refractivity contribution in [2.45, 2.75) is 32.2 Å². The van der Waals surface area contributed by atoms with Crippen molar-refractivity contribution in [2.75, 3.05) is 5.32 Å². The summed E-state index contributed by atoms with van der Waals surface area (Å²) in [6, 6.07) is 26.4. The zero-order valence-electron chi connectivity index (χ0n) is 19.4. The molecule has 0 aliphatic heterocycles. The van der Waals surface area contributed by atoms with Crippen LogP contribution in [0.5, 0.6) is 5.75 Å². The molecular formula is C28H27N3O4. The van der Waals surface area contributed by atoms with Crippen LogP contribution in [0, 0.1) is 0 Å². The Balaban J connectivity index is 1.49. The predicted octanol–water partition coefficient (Wildman–Crippen LogP) is 4.15. The lowest BCUT2D eigenvalue weighted by atomic mass is 9.95. The highest BCUT2D eigenvalue weighted by Crippen LogP contribution is 2.28. The fraction of sp³-hybridized carbons (Fsp3) is 0.179. The molecule has 1 aromatic heterocycles. The molecule has 0 fully saturated rings. The van der Waals surface area contributed by atoms with Crippen molar-refractivity contribution >= 4 is 11.7 Å². The van der Waals surface area contributed by atoms with E-state index >= 15 is 0 Å². The minimum atomic E-state index is -1.67. The van der Waals surface area contributed by atoms with Gasteiger partial charge in [0, 0.05) is 17.5 Å². The number of aliphatic hydroxyl groups excluding tert-OH is 1. The minimum absolute atomic E-state index is 0.135. The molecule has 0 saturated heterocycles. The van der Waals surface area contributed by atoms with E-state index in [9.17, 15) is 15.0 Å². The molecule has 0 aliphatic carbocycles. The number of carbonyl (C=O) groups excluding carboxylic acids is 1. The van der Waals surface area contributed by atoms with E-state index in [1.54, 1.807) is 0 Å². The van der Waals surface area contributed by atoms with E-state index in [0.29, 0.717) is 23.6 Å². The first kappa shape index (κ1) is 24.1. The van der Waals surface area contributed by atoms with E-state index in [-0.39, 0.29) is 12.2 Å². The second-order valence-electron chi connectivity index (χ2n) is 8.40. The average molecular weight is 470 g/mol. The third kappa shape index (κ3) is 6.09. The second-order valence-corrected chi connectivity index (χ2v) is 8.40. The van der Waals surface area contributed by atoms with Gasteiger partial charge in [-0.1, -0.05) is 60.7 Å². The number of anilines is 1. The monoisotopic (exact) mass is 469 g/mol. The van der Waals surface area contributed by atoms with Crippen LogP contribution in [0.15, 0.2) is 91.3 Å². The first-order valence-corrected chi connectivity index (χ1v) is 11.3. The first-order chi connectivity index (χ1) is 17.0. The van der Waals surface area contributed by atoms with Crippen LogP contribution < -0.4 is 10.1 Å². The molecule has 4 rings (SSSR count). The molecule has 4 aromatic rings. The molecule has 1 heterocycles. The van der Waals surface area contributed by atoms with Crippen LogP contribution in [0.3, 0.4) is 0 Å². The summed E-state index contributed by atoms with van der Waals surface area (Å²) in [7, 11) is 0. The molecule has 0 radical (unpaired) electrons. The second kappa shape index (κ2) is 10.9. The van der Waals surface area contributed by atoms with Crippen LogP contribution >= 0.6 is 0 Å². The number of nitrogens with zero attached hydrogens (tertiary/aromatic N) is 2. The zero-order valence-corrected chi connectivity index (χ0v) is 19.4. The minimum Gasteiger partial charge on any atom is -0.489 e. The molecule has 7 nitrogen and oxygen atoms in total.